The first-order valence-electron chi connectivity index (χ1n) is 7.80. The molecule has 0 aromatic heterocycles. The predicted molar refractivity (Wildman–Crippen MR) is 72.3 cm³/mol. The highest BCUT2D eigenvalue weighted by molar-refractivity contribution is 5.32. The van der Waals surface area contributed by atoms with Gasteiger partial charge in [-0.3, -0.25) is 0 Å². The molecule has 22 heavy (non-hydrogen) atoms. The van der Waals surface area contributed by atoms with E-state index < -0.39 is 52.2 Å². The third-order valence-corrected chi connectivity index (χ3v) is 7.58. The maximum atomic E-state index is 11.6. The molecule has 5 fully saturated rings. The zero-order valence-corrected chi connectivity index (χ0v) is 13.0. The number of aliphatic hydroxyl groups excluding tert-OH is 2. The molecule has 7 nitrogen and oxygen atoms in total. The lowest BCUT2D eigenvalue weighted by Crippen LogP contribution is -2.82. The molecular formula is C15H24O7. The van der Waals surface area contributed by atoms with Gasteiger partial charge in [0.05, 0.1) is 23.7 Å². The van der Waals surface area contributed by atoms with Gasteiger partial charge >= 0.3 is 0 Å². The highest BCUT2D eigenvalue weighted by atomic mass is 16.8. The second-order valence-corrected chi connectivity index (χ2v) is 8.07. The molecule has 5 aliphatic rings. The van der Waals surface area contributed by atoms with Crippen LogP contribution >= 0.6 is 0 Å². The molecule has 1 spiro atoms. The van der Waals surface area contributed by atoms with Gasteiger partial charge in [0.15, 0.2) is 12.1 Å². The van der Waals surface area contributed by atoms with Crippen LogP contribution in [0.1, 0.15) is 33.6 Å². The Hall–Kier alpha value is -0.280. The summed E-state index contributed by atoms with van der Waals surface area (Å²) in [5.41, 5.74) is -5.87. The van der Waals surface area contributed by atoms with Crippen molar-refractivity contribution in [3.63, 3.8) is 0 Å². The summed E-state index contributed by atoms with van der Waals surface area (Å²) in [5, 5.41) is 54.9. The third-order valence-electron chi connectivity index (χ3n) is 7.58. The topological polar surface area (TPSA) is 120 Å². The second-order valence-electron chi connectivity index (χ2n) is 8.07. The highest BCUT2D eigenvalue weighted by Crippen LogP contribution is 2.74. The van der Waals surface area contributed by atoms with Gasteiger partial charge < -0.3 is 35.0 Å². The van der Waals surface area contributed by atoms with E-state index in [1.165, 1.54) is 6.92 Å². The summed E-state index contributed by atoms with van der Waals surface area (Å²) >= 11 is 0. The van der Waals surface area contributed by atoms with Crippen molar-refractivity contribution in [3.8, 4) is 0 Å². The second kappa shape index (κ2) is 3.69. The highest BCUT2D eigenvalue weighted by Gasteiger charge is 2.86. The molecule has 7 heteroatoms. The number of rotatable bonds is 0. The molecule has 5 rings (SSSR count). The molecule has 0 radical (unpaired) electrons. The minimum atomic E-state index is -1.95. The van der Waals surface area contributed by atoms with Crippen molar-refractivity contribution in [2.75, 3.05) is 6.61 Å². The molecular weight excluding hydrogens is 292 g/mol. The van der Waals surface area contributed by atoms with Gasteiger partial charge in [-0.25, -0.2) is 0 Å². The smallest absolute Gasteiger partial charge is 0.199 e. The Bertz CT molecular complexity index is 538. The lowest BCUT2D eigenvalue weighted by atomic mass is 9.43. The first kappa shape index (κ1) is 15.3. The molecule has 0 amide bonds. The third kappa shape index (κ3) is 1.14. The predicted octanol–water partition coefficient (Wildman–Crippen LogP) is -1.30. The number of ether oxygens (including phenoxy) is 2. The molecule has 3 saturated heterocycles. The summed E-state index contributed by atoms with van der Waals surface area (Å²) < 4.78 is 11.1. The van der Waals surface area contributed by atoms with Crippen molar-refractivity contribution in [1.29, 1.82) is 0 Å². The standard InChI is InChI=1S/C15H24O7/c1-7-8(16)4-14(19)11(2)6-21-10-9(17)13(7,14)5-15(20,22-10)12(11,3)18/h7-10,16-20H,4-6H2,1-3H3. The largest absolute Gasteiger partial charge is 0.393 e. The summed E-state index contributed by atoms with van der Waals surface area (Å²) in [6, 6.07) is 0. The van der Waals surface area contributed by atoms with Gasteiger partial charge in [-0.1, -0.05) is 13.8 Å². The monoisotopic (exact) mass is 316 g/mol. The maximum absolute atomic E-state index is 11.6. The Morgan fingerprint density at radius 2 is 1.73 bits per heavy atom. The molecule has 3 aliphatic heterocycles. The molecule has 9 atom stereocenters. The van der Waals surface area contributed by atoms with E-state index in [-0.39, 0.29) is 19.4 Å². The van der Waals surface area contributed by atoms with Gasteiger partial charge in [0, 0.05) is 18.3 Å². The van der Waals surface area contributed by atoms with Crippen molar-refractivity contribution < 1.29 is 35.0 Å². The molecule has 0 aromatic carbocycles. The Balaban J connectivity index is 2.06. The van der Waals surface area contributed by atoms with Crippen LogP contribution in [0.15, 0.2) is 0 Å². The van der Waals surface area contributed by atoms with E-state index in [1.54, 1.807) is 13.8 Å². The lowest BCUT2D eigenvalue weighted by Gasteiger charge is -2.68. The number of aliphatic hydroxyl groups is 5. The fourth-order valence-corrected chi connectivity index (χ4v) is 5.75. The molecule has 2 aliphatic carbocycles. The van der Waals surface area contributed by atoms with Crippen LogP contribution in [0.2, 0.25) is 0 Å². The number of fused-ring (bicyclic) bond motifs is 1. The van der Waals surface area contributed by atoms with Gasteiger partial charge in [-0.15, -0.1) is 0 Å². The van der Waals surface area contributed by atoms with Crippen molar-refractivity contribution >= 4 is 0 Å². The zero-order chi connectivity index (χ0) is 16.3. The normalized spacial score (nSPS) is 69.8. The number of hydrogen-bond donors (Lipinski definition) is 5. The molecule has 2 saturated carbocycles. The molecule has 126 valence electrons. The molecule has 9 unspecified atom stereocenters. The van der Waals surface area contributed by atoms with Crippen LogP contribution in [0.5, 0.6) is 0 Å². The summed E-state index contributed by atoms with van der Waals surface area (Å²) in [7, 11) is 0. The van der Waals surface area contributed by atoms with Crippen molar-refractivity contribution in [3.05, 3.63) is 0 Å². The number of hydrogen-bond acceptors (Lipinski definition) is 7. The van der Waals surface area contributed by atoms with Crippen LogP contribution in [0.25, 0.3) is 0 Å². The van der Waals surface area contributed by atoms with E-state index >= 15 is 0 Å². The van der Waals surface area contributed by atoms with E-state index in [9.17, 15) is 25.5 Å². The van der Waals surface area contributed by atoms with Gasteiger partial charge in [0.1, 0.15) is 11.7 Å². The summed E-state index contributed by atoms with van der Waals surface area (Å²) in [5.74, 6) is -2.42. The summed E-state index contributed by atoms with van der Waals surface area (Å²) in [6.45, 7) is 4.72. The van der Waals surface area contributed by atoms with E-state index in [0.717, 1.165) is 0 Å². The molecule has 0 aromatic rings. The molecule has 3 heterocycles. The maximum Gasteiger partial charge on any atom is 0.199 e. The summed E-state index contributed by atoms with van der Waals surface area (Å²) in [4.78, 5) is 0. The van der Waals surface area contributed by atoms with Crippen LogP contribution in [0.4, 0.5) is 0 Å². The average Bonchev–Trinajstić information content (AvgIpc) is 2.56. The fourth-order valence-electron chi connectivity index (χ4n) is 5.75. The minimum absolute atomic E-state index is 0.0179. The van der Waals surface area contributed by atoms with E-state index in [2.05, 4.69) is 0 Å². The zero-order valence-electron chi connectivity index (χ0n) is 13.0. The van der Waals surface area contributed by atoms with Crippen molar-refractivity contribution in [2.45, 2.75) is 69.1 Å². The Kier molecular flexibility index (Phi) is 2.56. The van der Waals surface area contributed by atoms with Gasteiger partial charge in [-0.05, 0) is 12.8 Å². The SMILES string of the molecule is CC1C(O)CC2(O)C13CC1(O)OC(OCC2(C)C1(C)O)C3O. The average molecular weight is 316 g/mol. The van der Waals surface area contributed by atoms with E-state index in [1.807, 2.05) is 0 Å². The van der Waals surface area contributed by atoms with Gasteiger partial charge in [0.2, 0.25) is 0 Å². The first-order valence-corrected chi connectivity index (χ1v) is 7.80. The van der Waals surface area contributed by atoms with E-state index in [0.29, 0.717) is 0 Å². The van der Waals surface area contributed by atoms with Crippen molar-refractivity contribution in [1.82, 2.24) is 0 Å². The fraction of sp³-hybridized carbons (Fsp3) is 1.00. The summed E-state index contributed by atoms with van der Waals surface area (Å²) in [6.07, 6.45) is -3.31. The quantitative estimate of drug-likeness (QED) is 0.377. The van der Waals surface area contributed by atoms with Crippen molar-refractivity contribution in [2.24, 2.45) is 16.7 Å². The Morgan fingerprint density at radius 3 is 2.36 bits per heavy atom. The van der Waals surface area contributed by atoms with Crippen LogP contribution in [-0.4, -0.2) is 67.6 Å². The molecule has 4 bridgehead atoms. The minimum Gasteiger partial charge on any atom is -0.393 e. The van der Waals surface area contributed by atoms with Crippen LogP contribution in [0.3, 0.4) is 0 Å². The first-order chi connectivity index (χ1) is 9.97. The van der Waals surface area contributed by atoms with Crippen LogP contribution in [-0.2, 0) is 9.47 Å². The van der Waals surface area contributed by atoms with Gasteiger partial charge in [0.25, 0.3) is 0 Å². The Labute approximate surface area is 128 Å². The lowest BCUT2D eigenvalue weighted by molar-refractivity contribution is -0.448. The van der Waals surface area contributed by atoms with E-state index in [4.69, 9.17) is 9.47 Å². The molecule has 5 N–H and O–H groups in total. The van der Waals surface area contributed by atoms with Crippen LogP contribution < -0.4 is 0 Å². The van der Waals surface area contributed by atoms with Gasteiger partial charge in [-0.2, -0.15) is 0 Å². The van der Waals surface area contributed by atoms with Crippen LogP contribution in [0, 0.1) is 16.7 Å². The Morgan fingerprint density at radius 1 is 1.09 bits per heavy atom.